The van der Waals surface area contributed by atoms with Gasteiger partial charge in [-0.05, 0) is 54.3 Å². The molecule has 9 nitrogen and oxygen atoms in total. The molecule has 178 valence electrons. The van der Waals surface area contributed by atoms with Crippen LogP contribution in [0.15, 0.2) is 66.7 Å². The number of β-amino-alcohol motifs (C(OH)–C–C–N with tert-alkyl or cyclic N) is 1. The fraction of sp³-hybridized carbons (Fsp3) is 0.192. The second kappa shape index (κ2) is 9.86. The van der Waals surface area contributed by atoms with Crippen LogP contribution in [0, 0.1) is 20.2 Å². The second-order valence-electron chi connectivity index (χ2n) is 8.29. The molecule has 35 heavy (non-hydrogen) atoms. The molecule has 0 aliphatic carbocycles. The number of nitro groups is 2. The van der Waals surface area contributed by atoms with Gasteiger partial charge in [-0.1, -0.05) is 42.5 Å². The Balaban J connectivity index is 1.47. The molecule has 1 saturated heterocycles. The number of rotatable bonds is 6. The maximum atomic E-state index is 12.8. The Kier molecular flexibility index (Phi) is 6.32. The summed E-state index contributed by atoms with van der Waals surface area (Å²) >= 11 is 0. The van der Waals surface area contributed by atoms with Crippen molar-refractivity contribution in [2.24, 2.45) is 0 Å². The number of hydrogen-bond donors (Lipinski definition) is 1. The van der Waals surface area contributed by atoms with E-state index in [0.29, 0.717) is 12.0 Å². The van der Waals surface area contributed by atoms with Crippen LogP contribution in [0.4, 0.5) is 11.4 Å². The third-order valence-corrected chi connectivity index (χ3v) is 5.91. The van der Waals surface area contributed by atoms with Crippen LogP contribution in [0.2, 0.25) is 0 Å². The third-order valence-electron chi connectivity index (χ3n) is 5.91. The Morgan fingerprint density at radius 2 is 1.66 bits per heavy atom. The zero-order valence-electron chi connectivity index (χ0n) is 19.6. The fourth-order valence-corrected chi connectivity index (χ4v) is 4.03. The molecule has 0 bridgehead atoms. The van der Waals surface area contributed by atoms with Gasteiger partial charge in [-0.2, -0.15) is 0 Å². The van der Waals surface area contributed by atoms with E-state index in [-0.39, 0.29) is 42.3 Å². The Morgan fingerprint density at radius 3 is 2.26 bits per heavy atom. The van der Waals surface area contributed by atoms with Crippen molar-refractivity contribution in [1.82, 2.24) is 4.90 Å². The SMILES string of the molecule is [2H]C[C@@H]1C[C@@H](O)CN1C(=O)c1ccc(-c2ccc(/C=C/c3ccc([N+](=O)[O-])cc3[N+](=O)[O-])cc2)cc1. The highest BCUT2D eigenvalue weighted by atomic mass is 16.6. The van der Waals surface area contributed by atoms with Crippen molar-refractivity contribution in [2.45, 2.75) is 25.5 Å². The van der Waals surface area contributed by atoms with Crippen LogP contribution in [-0.2, 0) is 0 Å². The van der Waals surface area contributed by atoms with Gasteiger partial charge in [-0.15, -0.1) is 0 Å². The molecule has 0 spiro atoms. The van der Waals surface area contributed by atoms with E-state index in [1.807, 2.05) is 36.4 Å². The highest BCUT2D eigenvalue weighted by Crippen LogP contribution is 2.27. The molecule has 1 heterocycles. The van der Waals surface area contributed by atoms with Crippen molar-refractivity contribution in [3.63, 3.8) is 0 Å². The predicted octanol–water partition coefficient (Wildman–Crippen LogP) is 4.94. The Bertz CT molecular complexity index is 1320. The van der Waals surface area contributed by atoms with Gasteiger partial charge < -0.3 is 10.0 Å². The molecule has 0 radical (unpaired) electrons. The summed E-state index contributed by atoms with van der Waals surface area (Å²) in [7, 11) is 0. The number of likely N-dealkylation sites (tertiary alicyclic amines) is 1. The van der Waals surface area contributed by atoms with Crippen molar-refractivity contribution >= 4 is 29.4 Å². The summed E-state index contributed by atoms with van der Waals surface area (Å²) in [5, 5.41) is 32.0. The molecular weight excluding hydrogens is 450 g/mol. The number of hydrogen-bond acceptors (Lipinski definition) is 6. The highest BCUT2D eigenvalue weighted by molar-refractivity contribution is 5.95. The molecule has 1 aliphatic heterocycles. The number of benzene rings is 3. The predicted molar refractivity (Wildman–Crippen MR) is 132 cm³/mol. The lowest BCUT2D eigenvalue weighted by atomic mass is 10.0. The third kappa shape index (κ3) is 5.25. The summed E-state index contributed by atoms with van der Waals surface area (Å²) in [4.78, 5) is 35.2. The maximum absolute atomic E-state index is 12.8. The Hall–Kier alpha value is -4.37. The topological polar surface area (TPSA) is 127 Å². The quantitative estimate of drug-likeness (QED) is 0.306. The molecule has 9 heteroatoms. The first-order valence-electron chi connectivity index (χ1n) is 11.6. The van der Waals surface area contributed by atoms with Gasteiger partial charge in [-0.25, -0.2) is 0 Å². The standard InChI is InChI=1S/C26H23N3O6/c1-17-14-24(30)16-27(17)26(31)22-10-8-20(9-11-22)19-5-2-18(3-6-19)4-7-21-12-13-23(28(32)33)15-25(21)29(34)35/h2-13,15,17,24,30H,14,16H2,1H3/b7-4+/t17-,24-/m1/s1/i1D. The van der Waals surface area contributed by atoms with E-state index in [1.54, 1.807) is 23.1 Å². The molecule has 3 aromatic carbocycles. The first kappa shape index (κ1) is 22.4. The smallest absolute Gasteiger partial charge is 0.283 e. The highest BCUT2D eigenvalue weighted by Gasteiger charge is 2.31. The van der Waals surface area contributed by atoms with Crippen LogP contribution in [0.1, 0.15) is 36.2 Å². The molecule has 0 unspecified atom stereocenters. The summed E-state index contributed by atoms with van der Waals surface area (Å²) in [6, 6.07) is 17.8. The minimum atomic E-state index is -0.674. The first-order valence-corrected chi connectivity index (χ1v) is 10.9. The summed E-state index contributed by atoms with van der Waals surface area (Å²) in [6.07, 6.45) is 3.05. The van der Waals surface area contributed by atoms with Crippen LogP contribution in [-0.4, -0.2) is 44.5 Å². The van der Waals surface area contributed by atoms with Crippen molar-refractivity contribution in [2.75, 3.05) is 6.54 Å². The Labute approximate surface area is 202 Å². The number of aliphatic hydroxyl groups excluding tert-OH is 1. The molecule has 0 saturated carbocycles. The van der Waals surface area contributed by atoms with Gasteiger partial charge in [-0.3, -0.25) is 25.0 Å². The van der Waals surface area contributed by atoms with Gasteiger partial charge in [0.15, 0.2) is 0 Å². The molecule has 0 aromatic heterocycles. The van der Waals surface area contributed by atoms with E-state index >= 15 is 0 Å². The zero-order chi connectivity index (χ0) is 25.8. The average molecular weight is 474 g/mol. The zero-order valence-corrected chi connectivity index (χ0v) is 18.6. The lowest BCUT2D eigenvalue weighted by molar-refractivity contribution is -0.394. The van der Waals surface area contributed by atoms with Crippen molar-refractivity contribution in [1.29, 1.82) is 0 Å². The van der Waals surface area contributed by atoms with Crippen molar-refractivity contribution in [3.8, 4) is 11.1 Å². The number of nitro benzene ring substituents is 2. The molecule has 1 aliphatic rings. The van der Waals surface area contributed by atoms with Crippen LogP contribution in [0.25, 0.3) is 23.3 Å². The van der Waals surface area contributed by atoms with Crippen LogP contribution in [0.5, 0.6) is 0 Å². The van der Waals surface area contributed by atoms with Crippen LogP contribution in [0.3, 0.4) is 0 Å². The summed E-state index contributed by atoms with van der Waals surface area (Å²) in [5.74, 6) is -0.198. The van der Waals surface area contributed by atoms with E-state index < -0.39 is 16.0 Å². The van der Waals surface area contributed by atoms with E-state index in [9.17, 15) is 30.1 Å². The van der Waals surface area contributed by atoms with Crippen molar-refractivity contribution in [3.05, 3.63) is 104 Å². The van der Waals surface area contributed by atoms with Gasteiger partial charge in [0.2, 0.25) is 0 Å². The Morgan fingerprint density at radius 1 is 1.00 bits per heavy atom. The van der Waals surface area contributed by atoms with E-state index in [4.69, 9.17) is 1.37 Å². The fourth-order valence-electron chi connectivity index (χ4n) is 4.03. The van der Waals surface area contributed by atoms with Gasteiger partial charge in [0, 0.05) is 25.6 Å². The number of non-ortho nitro benzene ring substituents is 1. The van der Waals surface area contributed by atoms with Crippen molar-refractivity contribution < 1.29 is 21.1 Å². The van der Waals surface area contributed by atoms with Gasteiger partial charge in [0.1, 0.15) is 0 Å². The molecule has 1 N–H and O–H groups in total. The summed E-state index contributed by atoms with van der Waals surface area (Å²) < 4.78 is 7.61. The normalized spacial score (nSPS) is 18.0. The lowest BCUT2D eigenvalue weighted by Gasteiger charge is -2.21. The first-order chi connectivity index (χ1) is 17.3. The van der Waals surface area contributed by atoms with E-state index in [0.717, 1.165) is 22.8 Å². The molecule has 1 amide bonds. The van der Waals surface area contributed by atoms with E-state index in [1.165, 1.54) is 18.2 Å². The van der Waals surface area contributed by atoms with Gasteiger partial charge in [0.25, 0.3) is 17.3 Å². The van der Waals surface area contributed by atoms with Crippen LogP contribution >= 0.6 is 0 Å². The summed E-state index contributed by atoms with van der Waals surface area (Å²) in [6.45, 7) is 0.293. The lowest BCUT2D eigenvalue weighted by Crippen LogP contribution is -2.34. The molecule has 2 atom stereocenters. The number of amides is 1. The molecular formula is C26H23N3O6. The van der Waals surface area contributed by atoms with Crippen LogP contribution < -0.4 is 0 Å². The molecule has 1 fully saturated rings. The largest absolute Gasteiger partial charge is 0.391 e. The average Bonchev–Trinajstić information content (AvgIpc) is 3.27. The minimum absolute atomic E-state index is 0.0548. The number of nitrogens with zero attached hydrogens (tertiary/aromatic N) is 3. The molecule has 3 aromatic rings. The number of carbonyl (C=O) groups is 1. The minimum Gasteiger partial charge on any atom is -0.391 e. The number of carbonyl (C=O) groups excluding carboxylic acids is 1. The maximum Gasteiger partial charge on any atom is 0.283 e. The summed E-state index contributed by atoms with van der Waals surface area (Å²) in [5.41, 5.74) is 2.66. The monoisotopic (exact) mass is 474 g/mol. The van der Waals surface area contributed by atoms with E-state index in [2.05, 4.69) is 0 Å². The van der Waals surface area contributed by atoms with Gasteiger partial charge in [0.05, 0.1) is 27.6 Å². The van der Waals surface area contributed by atoms with Gasteiger partial charge >= 0.3 is 0 Å². The second-order valence-corrected chi connectivity index (χ2v) is 8.29. The molecule has 4 rings (SSSR count). The number of aliphatic hydroxyl groups is 1.